The fraction of sp³-hybridized carbons (Fsp3) is 0.227. The molecule has 1 atom stereocenters. The van der Waals surface area contributed by atoms with Crippen molar-refractivity contribution >= 4 is 22.7 Å². The van der Waals surface area contributed by atoms with E-state index < -0.39 is 11.7 Å². The smallest absolute Gasteiger partial charge is 0.345 e. The number of quaternary nitrogens is 1. The van der Waals surface area contributed by atoms with Gasteiger partial charge in [0.25, 0.3) is 0 Å². The van der Waals surface area contributed by atoms with E-state index in [-0.39, 0.29) is 11.7 Å². The Morgan fingerprint density at radius 1 is 1.23 bits per heavy atom. The molecule has 0 saturated carbocycles. The van der Waals surface area contributed by atoms with Crippen LogP contribution >= 0.6 is 0 Å². The minimum absolute atomic E-state index is 0.0181. The molecule has 3 heterocycles. The Kier molecular flexibility index (Phi) is 5.26. The predicted molar refractivity (Wildman–Crippen MR) is 107 cm³/mol. The molecule has 0 aliphatic carbocycles. The first-order valence-corrected chi connectivity index (χ1v) is 9.56. The number of rotatable bonds is 4. The molecule has 0 bridgehead atoms. The molecule has 5 nitrogen and oxygen atoms in total. The number of halogens is 3. The lowest BCUT2D eigenvalue weighted by atomic mass is 9.89. The standard InChI is InChI=1S/C22H19F3N4O/c1-13-9-19(27-10-14-4-6-15(7-5-14)22(23,24)25)28-11-17(13)20(30)18-12-29-21-16(18)3-2-8-26-21/h2-8,11-13H,9-10H2,1H3,(H,26,29)(H,27,28)/p+1. The number of carbonyl (C=O) groups is 1. The summed E-state index contributed by atoms with van der Waals surface area (Å²) in [6, 6.07) is 8.76. The normalized spacial score (nSPS) is 17.0. The Morgan fingerprint density at radius 2 is 2.00 bits per heavy atom. The van der Waals surface area contributed by atoms with E-state index in [0.29, 0.717) is 29.7 Å². The lowest BCUT2D eigenvalue weighted by molar-refractivity contribution is -0.559. The molecule has 0 radical (unpaired) electrons. The fourth-order valence-electron chi connectivity index (χ4n) is 3.54. The summed E-state index contributed by atoms with van der Waals surface area (Å²) in [6.07, 6.45) is 1.20. The predicted octanol–water partition coefficient (Wildman–Crippen LogP) is 3.85. The number of aromatic nitrogens is 2. The number of nitrogens with zero attached hydrogens (tertiary/aromatic N) is 2. The van der Waals surface area contributed by atoms with Gasteiger partial charge in [-0.3, -0.25) is 10.1 Å². The first-order valence-electron chi connectivity index (χ1n) is 9.56. The van der Waals surface area contributed by atoms with Gasteiger partial charge in [0.15, 0.2) is 11.6 Å². The summed E-state index contributed by atoms with van der Waals surface area (Å²) >= 11 is 0. The van der Waals surface area contributed by atoms with E-state index in [1.807, 2.05) is 18.3 Å². The summed E-state index contributed by atoms with van der Waals surface area (Å²) in [5.74, 6) is 0.724. The third-order valence-electron chi connectivity index (χ3n) is 5.23. The number of pyridine rings is 1. The van der Waals surface area contributed by atoms with Gasteiger partial charge in [0.2, 0.25) is 0 Å². The van der Waals surface area contributed by atoms with Crippen LogP contribution in [0.5, 0.6) is 0 Å². The van der Waals surface area contributed by atoms with Crippen LogP contribution in [0.3, 0.4) is 0 Å². The molecule has 1 aliphatic rings. The summed E-state index contributed by atoms with van der Waals surface area (Å²) in [4.78, 5) is 24.6. The van der Waals surface area contributed by atoms with Crippen molar-refractivity contribution in [3.63, 3.8) is 0 Å². The Labute approximate surface area is 170 Å². The molecule has 3 aromatic rings. The molecule has 8 heteroatoms. The average molecular weight is 413 g/mol. The highest BCUT2D eigenvalue weighted by Crippen LogP contribution is 2.29. The van der Waals surface area contributed by atoms with Gasteiger partial charge in [-0.2, -0.15) is 13.2 Å². The number of fused-ring (bicyclic) bond motifs is 1. The summed E-state index contributed by atoms with van der Waals surface area (Å²) in [6.45, 7) is 2.45. The Morgan fingerprint density at radius 3 is 2.70 bits per heavy atom. The van der Waals surface area contributed by atoms with Crippen LogP contribution in [0.1, 0.15) is 34.8 Å². The van der Waals surface area contributed by atoms with Gasteiger partial charge in [-0.25, -0.2) is 9.98 Å². The molecule has 4 rings (SSSR count). The van der Waals surface area contributed by atoms with Gasteiger partial charge in [-0.05, 0) is 30.2 Å². The van der Waals surface area contributed by atoms with E-state index in [2.05, 4.69) is 15.0 Å². The van der Waals surface area contributed by atoms with Crippen LogP contribution in [0.2, 0.25) is 0 Å². The number of nitrogens with one attached hydrogen (secondary N) is 1. The minimum atomic E-state index is -4.33. The summed E-state index contributed by atoms with van der Waals surface area (Å²) in [7, 11) is 0. The molecule has 30 heavy (non-hydrogen) atoms. The first-order chi connectivity index (χ1) is 14.3. The van der Waals surface area contributed by atoms with Crippen molar-refractivity contribution in [3.05, 3.63) is 77.3 Å². The van der Waals surface area contributed by atoms with Gasteiger partial charge >= 0.3 is 6.18 Å². The number of carbonyl (C=O) groups excluding carboxylic acids is 1. The van der Waals surface area contributed by atoms with Gasteiger partial charge in [-0.1, -0.05) is 19.1 Å². The molecule has 0 saturated heterocycles. The van der Waals surface area contributed by atoms with Crippen molar-refractivity contribution in [1.29, 1.82) is 0 Å². The number of benzene rings is 1. The Balaban J connectivity index is 1.46. The number of amidine groups is 1. The highest BCUT2D eigenvalue weighted by atomic mass is 19.4. The molecule has 0 fully saturated rings. The van der Waals surface area contributed by atoms with Crippen LogP contribution in [0.4, 0.5) is 13.2 Å². The van der Waals surface area contributed by atoms with Crippen molar-refractivity contribution in [1.82, 2.24) is 9.97 Å². The van der Waals surface area contributed by atoms with Crippen molar-refractivity contribution in [2.75, 3.05) is 0 Å². The number of hydrogen-bond donors (Lipinski definition) is 2. The number of nitrogens with two attached hydrogens (primary N) is 1. The maximum atomic E-state index is 13.0. The molecule has 2 aromatic heterocycles. The van der Waals surface area contributed by atoms with E-state index in [1.165, 1.54) is 12.1 Å². The van der Waals surface area contributed by atoms with Crippen LogP contribution in [0.15, 0.2) is 65.6 Å². The molecule has 154 valence electrons. The number of alkyl halides is 3. The second-order valence-corrected chi connectivity index (χ2v) is 7.34. The molecule has 0 spiro atoms. The van der Waals surface area contributed by atoms with Gasteiger partial charge < -0.3 is 4.98 Å². The minimum Gasteiger partial charge on any atom is -0.345 e. The lowest BCUT2D eigenvalue weighted by Gasteiger charge is -2.18. The van der Waals surface area contributed by atoms with Crippen LogP contribution < -0.4 is 5.32 Å². The van der Waals surface area contributed by atoms with E-state index in [1.54, 1.807) is 24.7 Å². The number of Topliss-reactive ketones (excluding diaryl/α,β-unsaturated/α-hetero) is 1. The fourth-order valence-corrected chi connectivity index (χ4v) is 3.54. The highest BCUT2D eigenvalue weighted by molar-refractivity contribution is 6.16. The quantitative estimate of drug-likeness (QED) is 0.638. The van der Waals surface area contributed by atoms with Crippen molar-refractivity contribution in [2.45, 2.75) is 26.1 Å². The number of aromatic amines is 1. The number of ketones is 1. The van der Waals surface area contributed by atoms with Crippen molar-refractivity contribution in [2.24, 2.45) is 10.9 Å². The number of aliphatic imine (C=N–C) groups is 1. The molecule has 1 aromatic carbocycles. The molecule has 0 amide bonds. The van der Waals surface area contributed by atoms with Gasteiger partial charge in [0.05, 0.1) is 5.56 Å². The number of hydrogen-bond acceptors (Lipinski definition) is 3. The SMILES string of the molecule is CC1CC([NH2+]Cc2ccc(C(F)(F)F)cc2)=NC=C1C(=O)c1c[nH]c2ncccc12. The number of allylic oxidation sites excluding steroid dienone is 1. The summed E-state index contributed by atoms with van der Waals surface area (Å²) in [5, 5.41) is 2.67. The molecular weight excluding hydrogens is 393 g/mol. The van der Waals surface area contributed by atoms with E-state index >= 15 is 0 Å². The zero-order valence-electron chi connectivity index (χ0n) is 16.2. The lowest BCUT2D eigenvalue weighted by Crippen LogP contribution is -2.86. The maximum Gasteiger partial charge on any atom is 0.416 e. The van der Waals surface area contributed by atoms with E-state index in [9.17, 15) is 18.0 Å². The van der Waals surface area contributed by atoms with Gasteiger partial charge in [0, 0.05) is 47.1 Å². The van der Waals surface area contributed by atoms with Gasteiger partial charge in [0.1, 0.15) is 12.2 Å². The van der Waals surface area contributed by atoms with Crippen LogP contribution in [0.25, 0.3) is 11.0 Å². The second kappa shape index (κ2) is 7.87. The first kappa shape index (κ1) is 20.0. The van der Waals surface area contributed by atoms with E-state index in [0.717, 1.165) is 28.9 Å². The number of H-pyrrole nitrogens is 1. The monoisotopic (exact) mass is 413 g/mol. The maximum absolute atomic E-state index is 13.0. The summed E-state index contributed by atoms with van der Waals surface area (Å²) < 4.78 is 38.0. The Hall–Kier alpha value is -3.26. The van der Waals surface area contributed by atoms with Crippen LogP contribution in [-0.2, 0) is 12.7 Å². The van der Waals surface area contributed by atoms with Gasteiger partial charge in [-0.15, -0.1) is 0 Å². The molecule has 1 unspecified atom stereocenters. The van der Waals surface area contributed by atoms with Crippen LogP contribution in [0, 0.1) is 5.92 Å². The third-order valence-corrected chi connectivity index (χ3v) is 5.23. The zero-order chi connectivity index (χ0) is 21.3. The largest absolute Gasteiger partial charge is 0.416 e. The molecule has 3 N–H and O–H groups in total. The Bertz CT molecular complexity index is 1140. The van der Waals surface area contributed by atoms with Crippen molar-refractivity contribution < 1.29 is 23.3 Å². The molecule has 1 aliphatic heterocycles. The molecular formula is C22H20F3N4O+. The third kappa shape index (κ3) is 4.04. The zero-order valence-corrected chi connectivity index (χ0v) is 16.2. The summed E-state index contributed by atoms with van der Waals surface area (Å²) in [5.41, 5.74) is 1.98. The highest BCUT2D eigenvalue weighted by Gasteiger charge is 2.30. The van der Waals surface area contributed by atoms with Crippen molar-refractivity contribution in [3.8, 4) is 0 Å². The second-order valence-electron chi connectivity index (χ2n) is 7.34. The topological polar surface area (TPSA) is 74.7 Å². The average Bonchev–Trinajstić information content (AvgIpc) is 3.16. The van der Waals surface area contributed by atoms with E-state index in [4.69, 9.17) is 0 Å². The van der Waals surface area contributed by atoms with Crippen LogP contribution in [-0.4, -0.2) is 21.6 Å².